The number of hydrazone groups is 1. The van der Waals surface area contributed by atoms with Crippen LogP contribution in [-0.4, -0.2) is 41.3 Å². The van der Waals surface area contributed by atoms with Crippen molar-refractivity contribution in [2.75, 3.05) is 25.1 Å². The van der Waals surface area contributed by atoms with Gasteiger partial charge in [0.25, 0.3) is 15.9 Å². The molecule has 0 aliphatic rings. The van der Waals surface area contributed by atoms with Gasteiger partial charge < -0.3 is 9.47 Å². The summed E-state index contributed by atoms with van der Waals surface area (Å²) in [6, 6.07) is 17.3. The molecule has 0 radical (unpaired) electrons. The van der Waals surface area contributed by atoms with Crippen LogP contribution < -0.4 is 19.2 Å². The van der Waals surface area contributed by atoms with E-state index < -0.39 is 22.5 Å². The number of methoxy groups -OCH3 is 2. The van der Waals surface area contributed by atoms with Crippen molar-refractivity contribution in [3.05, 3.63) is 82.3 Å². The maximum Gasteiger partial charge on any atom is 0.264 e. The Balaban J connectivity index is 1.95. The average molecular weight is 522 g/mol. The smallest absolute Gasteiger partial charge is 0.264 e. The first kappa shape index (κ1) is 25.4. The molecule has 0 aromatic heterocycles. The van der Waals surface area contributed by atoms with Gasteiger partial charge in [-0.2, -0.15) is 5.10 Å². The monoisotopic (exact) mass is 521 g/mol. The third-order valence-corrected chi connectivity index (χ3v) is 7.09. The van der Waals surface area contributed by atoms with Crippen molar-refractivity contribution in [1.29, 1.82) is 0 Å². The molecule has 34 heavy (non-hydrogen) atoms. The summed E-state index contributed by atoms with van der Waals surface area (Å²) in [7, 11) is -1.31. The van der Waals surface area contributed by atoms with Crippen molar-refractivity contribution < 1.29 is 22.7 Å². The molecule has 8 nitrogen and oxygen atoms in total. The molecular weight excluding hydrogens is 501 g/mol. The Morgan fingerprint density at radius 1 is 1.00 bits per heavy atom. The maximum absolute atomic E-state index is 13.5. The second kappa shape index (κ2) is 11.2. The molecule has 3 aromatic carbocycles. The van der Waals surface area contributed by atoms with E-state index in [9.17, 15) is 13.2 Å². The van der Waals surface area contributed by atoms with Crippen LogP contribution in [0.2, 0.25) is 10.0 Å². The van der Waals surface area contributed by atoms with Crippen LogP contribution in [0.4, 0.5) is 5.69 Å². The van der Waals surface area contributed by atoms with Gasteiger partial charge in [-0.1, -0.05) is 47.5 Å². The number of sulfonamides is 1. The molecule has 0 saturated carbocycles. The number of nitrogens with one attached hydrogen (secondary N) is 1. The molecule has 0 saturated heterocycles. The first-order valence-electron chi connectivity index (χ1n) is 9.83. The van der Waals surface area contributed by atoms with Crippen LogP contribution in [0.3, 0.4) is 0 Å². The summed E-state index contributed by atoms with van der Waals surface area (Å²) < 4.78 is 38.5. The van der Waals surface area contributed by atoms with Crippen molar-refractivity contribution in [1.82, 2.24) is 5.43 Å². The molecule has 3 aromatic rings. The van der Waals surface area contributed by atoms with Gasteiger partial charge in [0, 0.05) is 11.6 Å². The van der Waals surface area contributed by atoms with Gasteiger partial charge >= 0.3 is 0 Å². The molecule has 1 N–H and O–H groups in total. The van der Waals surface area contributed by atoms with Gasteiger partial charge in [-0.15, -0.1) is 0 Å². The normalized spacial score (nSPS) is 11.3. The van der Waals surface area contributed by atoms with Crippen LogP contribution in [-0.2, 0) is 14.8 Å². The van der Waals surface area contributed by atoms with E-state index in [1.165, 1.54) is 38.6 Å². The molecule has 0 aliphatic heterocycles. The number of carbonyl (C=O) groups is 1. The van der Waals surface area contributed by atoms with Crippen molar-refractivity contribution in [2.45, 2.75) is 4.90 Å². The van der Waals surface area contributed by atoms with Gasteiger partial charge in [-0.25, -0.2) is 13.8 Å². The Hall–Kier alpha value is -3.27. The zero-order chi connectivity index (χ0) is 24.7. The van der Waals surface area contributed by atoms with Crippen molar-refractivity contribution in [3.8, 4) is 11.5 Å². The van der Waals surface area contributed by atoms with Gasteiger partial charge in [0.15, 0.2) is 0 Å². The third kappa shape index (κ3) is 5.80. The van der Waals surface area contributed by atoms with Gasteiger partial charge in [0.2, 0.25) is 0 Å². The molecule has 0 fully saturated rings. The summed E-state index contributed by atoms with van der Waals surface area (Å²) in [6.45, 7) is -0.589. The van der Waals surface area contributed by atoms with Crippen LogP contribution in [0.25, 0.3) is 0 Å². The highest BCUT2D eigenvalue weighted by atomic mass is 35.5. The molecule has 1 amide bonds. The van der Waals surface area contributed by atoms with Gasteiger partial charge in [0.05, 0.1) is 41.1 Å². The highest BCUT2D eigenvalue weighted by Gasteiger charge is 2.29. The zero-order valence-electron chi connectivity index (χ0n) is 18.2. The first-order chi connectivity index (χ1) is 16.3. The Labute approximate surface area is 207 Å². The summed E-state index contributed by atoms with van der Waals surface area (Å²) in [5, 5.41) is 4.56. The number of benzene rings is 3. The van der Waals surface area contributed by atoms with E-state index in [0.29, 0.717) is 21.4 Å². The highest BCUT2D eigenvalue weighted by Crippen LogP contribution is 2.35. The molecule has 0 atom stereocenters. The fourth-order valence-corrected chi connectivity index (χ4v) is 4.92. The molecule has 0 heterocycles. The summed E-state index contributed by atoms with van der Waals surface area (Å²) >= 11 is 12.2. The number of hydrogen-bond donors (Lipinski definition) is 1. The van der Waals surface area contributed by atoms with E-state index in [2.05, 4.69) is 10.5 Å². The predicted molar refractivity (Wildman–Crippen MR) is 133 cm³/mol. The Morgan fingerprint density at radius 3 is 2.29 bits per heavy atom. The van der Waals surface area contributed by atoms with Gasteiger partial charge in [-0.3, -0.25) is 9.10 Å². The van der Waals surface area contributed by atoms with Crippen molar-refractivity contribution >= 4 is 51.0 Å². The number of nitrogens with zero attached hydrogens (tertiary/aromatic N) is 2. The number of hydrogen-bond acceptors (Lipinski definition) is 6. The van der Waals surface area contributed by atoms with E-state index in [-0.39, 0.29) is 16.3 Å². The summed E-state index contributed by atoms with van der Waals surface area (Å²) in [5.41, 5.74) is 2.85. The Kier molecular flexibility index (Phi) is 8.38. The second-order valence-corrected chi connectivity index (χ2v) is 9.47. The standard InChI is InChI=1S/C23H21Cl2N3O5S/c1-32-16-11-12-22(33-2)21(13-16)28(34(30,31)17-7-4-3-5-8-17)15-23(29)27-26-14-18-19(24)9-6-10-20(18)25/h3-14H,15H2,1-2H3,(H,27,29)/b26-14-. The molecule has 3 rings (SSSR count). The second-order valence-electron chi connectivity index (χ2n) is 6.79. The minimum Gasteiger partial charge on any atom is -0.497 e. The summed E-state index contributed by atoms with van der Waals surface area (Å²) in [6.07, 6.45) is 1.28. The van der Waals surface area contributed by atoms with Crippen LogP contribution in [0.15, 0.2) is 76.7 Å². The van der Waals surface area contributed by atoms with Crippen LogP contribution in [0, 0.1) is 0 Å². The zero-order valence-corrected chi connectivity index (χ0v) is 20.6. The lowest BCUT2D eigenvalue weighted by molar-refractivity contribution is -0.119. The summed E-state index contributed by atoms with van der Waals surface area (Å²) in [5.74, 6) is -0.0842. The van der Waals surface area contributed by atoms with Crippen LogP contribution in [0.1, 0.15) is 5.56 Å². The fourth-order valence-electron chi connectivity index (χ4n) is 2.98. The van der Waals surface area contributed by atoms with Crippen molar-refractivity contribution in [2.24, 2.45) is 5.10 Å². The third-order valence-electron chi connectivity index (χ3n) is 4.66. The lowest BCUT2D eigenvalue weighted by Crippen LogP contribution is -2.39. The summed E-state index contributed by atoms with van der Waals surface area (Å²) in [4.78, 5) is 12.7. The molecule has 11 heteroatoms. The van der Waals surface area contributed by atoms with E-state index in [1.807, 2.05) is 0 Å². The largest absolute Gasteiger partial charge is 0.497 e. The molecule has 0 spiro atoms. The number of halogens is 2. The molecule has 0 unspecified atom stereocenters. The first-order valence-corrected chi connectivity index (χ1v) is 12.0. The topological polar surface area (TPSA) is 97.3 Å². The lowest BCUT2D eigenvalue weighted by Gasteiger charge is -2.25. The van der Waals surface area contributed by atoms with E-state index in [1.54, 1.807) is 48.5 Å². The molecule has 0 bridgehead atoms. The minimum atomic E-state index is -4.15. The predicted octanol–water partition coefficient (Wildman–Crippen LogP) is 4.36. The molecule has 0 aliphatic carbocycles. The number of rotatable bonds is 9. The number of anilines is 1. The van der Waals surface area contributed by atoms with Crippen LogP contribution >= 0.6 is 23.2 Å². The van der Waals surface area contributed by atoms with Crippen molar-refractivity contribution in [3.63, 3.8) is 0 Å². The number of carbonyl (C=O) groups excluding carboxylic acids is 1. The fraction of sp³-hybridized carbons (Fsp3) is 0.130. The number of amides is 1. The SMILES string of the molecule is COc1ccc(OC)c(N(CC(=O)N/N=C\c2c(Cl)cccc2Cl)S(=O)(=O)c2ccccc2)c1. The quantitative estimate of drug-likeness (QED) is 0.333. The highest BCUT2D eigenvalue weighted by molar-refractivity contribution is 7.92. The number of ether oxygens (including phenoxy) is 2. The average Bonchev–Trinajstić information content (AvgIpc) is 2.84. The van der Waals surface area contributed by atoms with Gasteiger partial charge in [-0.05, 0) is 36.4 Å². The van der Waals surface area contributed by atoms with Crippen LogP contribution in [0.5, 0.6) is 11.5 Å². The maximum atomic E-state index is 13.5. The Bertz CT molecular complexity index is 1280. The van der Waals surface area contributed by atoms with Gasteiger partial charge in [0.1, 0.15) is 18.0 Å². The van der Waals surface area contributed by atoms with E-state index in [4.69, 9.17) is 32.7 Å². The molecular formula is C23H21Cl2N3O5S. The van der Waals surface area contributed by atoms with E-state index >= 15 is 0 Å². The lowest BCUT2D eigenvalue weighted by atomic mass is 10.2. The Morgan fingerprint density at radius 2 is 1.68 bits per heavy atom. The van der Waals surface area contributed by atoms with E-state index in [0.717, 1.165) is 4.31 Å². The molecule has 178 valence electrons. The minimum absolute atomic E-state index is 0.000904.